The van der Waals surface area contributed by atoms with Gasteiger partial charge in [-0.25, -0.2) is 4.39 Å². The molecule has 66 valence electrons. The van der Waals surface area contributed by atoms with Crippen molar-refractivity contribution in [2.24, 2.45) is 0 Å². The van der Waals surface area contributed by atoms with Crippen LogP contribution in [-0.4, -0.2) is 17.2 Å². The first-order valence-corrected chi connectivity index (χ1v) is 3.68. The molecule has 1 aromatic carbocycles. The molecule has 0 unspecified atom stereocenters. The molecule has 0 spiro atoms. The van der Waals surface area contributed by atoms with Crippen molar-refractivity contribution in [1.82, 2.24) is 0 Å². The van der Waals surface area contributed by atoms with E-state index in [0.717, 1.165) is 6.07 Å². The summed E-state index contributed by atoms with van der Waals surface area (Å²) in [6.07, 6.45) is -0.00500. The highest BCUT2D eigenvalue weighted by Gasteiger charge is 2.09. The second kappa shape index (κ2) is 4.03. The maximum atomic E-state index is 12.8. The second-order valence-corrected chi connectivity index (χ2v) is 2.61. The van der Waals surface area contributed by atoms with E-state index in [1.165, 1.54) is 12.1 Å². The lowest BCUT2D eigenvalue weighted by atomic mass is 9.82. The number of hydrogen-bond donors (Lipinski definition) is 2. The molecule has 0 aliphatic carbocycles. The first-order valence-electron chi connectivity index (χ1n) is 3.68. The van der Waals surface area contributed by atoms with Crippen molar-refractivity contribution in [2.45, 2.75) is 6.32 Å². The van der Waals surface area contributed by atoms with Crippen LogP contribution in [0, 0.1) is 17.1 Å². The van der Waals surface area contributed by atoms with Crippen molar-refractivity contribution >= 4 is 7.12 Å². The molecule has 0 fully saturated rings. The van der Waals surface area contributed by atoms with E-state index in [1.54, 1.807) is 6.07 Å². The zero-order chi connectivity index (χ0) is 9.84. The Kier molecular flexibility index (Phi) is 3.01. The van der Waals surface area contributed by atoms with E-state index in [0.29, 0.717) is 5.56 Å². The molecule has 0 aromatic heterocycles. The van der Waals surface area contributed by atoms with Gasteiger partial charge < -0.3 is 10.0 Å². The van der Waals surface area contributed by atoms with E-state index < -0.39 is 12.9 Å². The highest BCUT2D eigenvalue weighted by atomic mass is 19.1. The third-order valence-corrected chi connectivity index (χ3v) is 1.57. The van der Waals surface area contributed by atoms with E-state index in [-0.39, 0.29) is 11.9 Å². The van der Waals surface area contributed by atoms with Crippen LogP contribution in [0.3, 0.4) is 0 Å². The number of benzene rings is 1. The number of nitrogens with zero attached hydrogens (tertiary/aromatic N) is 1. The first-order chi connectivity index (χ1) is 6.13. The number of halogens is 1. The summed E-state index contributed by atoms with van der Waals surface area (Å²) in [7, 11) is -1.47. The SMILES string of the molecule is N#Cc1cc(CB(O)O)ccc1F. The lowest BCUT2D eigenvalue weighted by molar-refractivity contribution is 0.405. The second-order valence-electron chi connectivity index (χ2n) is 2.61. The molecular formula is C8H7BFNO2. The average Bonchev–Trinajstić information content (AvgIpc) is 2.07. The van der Waals surface area contributed by atoms with Crippen LogP contribution in [0.1, 0.15) is 11.1 Å². The van der Waals surface area contributed by atoms with Gasteiger partial charge in [0.2, 0.25) is 0 Å². The van der Waals surface area contributed by atoms with Gasteiger partial charge in [0.05, 0.1) is 5.56 Å². The number of hydrogen-bond acceptors (Lipinski definition) is 3. The standard InChI is InChI=1S/C8H7BFNO2/c10-8-2-1-6(4-9(12)13)3-7(8)5-11/h1-3,12-13H,4H2. The van der Waals surface area contributed by atoms with Gasteiger partial charge in [-0.15, -0.1) is 0 Å². The van der Waals surface area contributed by atoms with Crippen molar-refractivity contribution in [3.63, 3.8) is 0 Å². The Morgan fingerprint density at radius 2 is 2.15 bits per heavy atom. The minimum absolute atomic E-state index is 0.00500. The van der Waals surface area contributed by atoms with Gasteiger partial charge in [-0.3, -0.25) is 0 Å². The molecule has 5 heteroatoms. The maximum absolute atomic E-state index is 12.8. The molecule has 1 aromatic rings. The molecule has 0 saturated heterocycles. The monoisotopic (exact) mass is 179 g/mol. The molecule has 0 amide bonds. The minimum Gasteiger partial charge on any atom is -0.427 e. The lowest BCUT2D eigenvalue weighted by Crippen LogP contribution is -2.15. The van der Waals surface area contributed by atoms with Gasteiger partial charge >= 0.3 is 7.12 Å². The average molecular weight is 179 g/mol. The van der Waals surface area contributed by atoms with E-state index in [2.05, 4.69) is 0 Å². The molecule has 0 heterocycles. The minimum atomic E-state index is -1.47. The molecule has 0 radical (unpaired) electrons. The Morgan fingerprint density at radius 3 is 2.69 bits per heavy atom. The molecule has 2 N–H and O–H groups in total. The van der Waals surface area contributed by atoms with Gasteiger partial charge in [0.25, 0.3) is 0 Å². The van der Waals surface area contributed by atoms with Crippen LogP contribution in [-0.2, 0) is 6.32 Å². The summed E-state index contributed by atoms with van der Waals surface area (Å²) in [6, 6.07) is 5.52. The molecule has 0 bridgehead atoms. The summed E-state index contributed by atoms with van der Waals surface area (Å²) < 4.78 is 12.8. The van der Waals surface area contributed by atoms with Crippen LogP contribution in [0.5, 0.6) is 0 Å². The largest absolute Gasteiger partial charge is 0.456 e. The third-order valence-electron chi connectivity index (χ3n) is 1.57. The lowest BCUT2D eigenvalue weighted by Gasteiger charge is -2.00. The predicted molar refractivity (Wildman–Crippen MR) is 45.0 cm³/mol. The zero-order valence-electron chi connectivity index (χ0n) is 6.74. The smallest absolute Gasteiger partial charge is 0.427 e. The van der Waals surface area contributed by atoms with Crippen molar-refractivity contribution in [1.29, 1.82) is 5.26 Å². The molecule has 1 rings (SSSR count). The Balaban J connectivity index is 2.95. The molecule has 0 aliphatic heterocycles. The number of rotatable bonds is 2. The molecule has 0 aliphatic rings. The highest BCUT2D eigenvalue weighted by Crippen LogP contribution is 2.10. The fourth-order valence-corrected chi connectivity index (χ4v) is 0.996. The van der Waals surface area contributed by atoms with Gasteiger partial charge in [-0.1, -0.05) is 6.07 Å². The zero-order valence-corrected chi connectivity index (χ0v) is 6.74. The summed E-state index contributed by atoms with van der Waals surface area (Å²) in [5.41, 5.74) is 0.436. The van der Waals surface area contributed by atoms with Gasteiger partial charge in [-0.2, -0.15) is 5.26 Å². The van der Waals surface area contributed by atoms with E-state index in [9.17, 15) is 4.39 Å². The highest BCUT2D eigenvalue weighted by molar-refractivity contribution is 6.40. The van der Waals surface area contributed by atoms with Gasteiger partial charge in [-0.05, 0) is 17.7 Å². The normalized spacial score (nSPS) is 9.38. The summed E-state index contributed by atoms with van der Waals surface area (Å²) in [4.78, 5) is 0. The van der Waals surface area contributed by atoms with Crippen LogP contribution in [0.4, 0.5) is 4.39 Å². The van der Waals surface area contributed by atoms with Crippen molar-refractivity contribution in [3.8, 4) is 6.07 Å². The summed E-state index contributed by atoms with van der Waals surface area (Å²) in [5.74, 6) is -0.598. The van der Waals surface area contributed by atoms with Crippen molar-refractivity contribution < 1.29 is 14.4 Å². The Labute approximate surface area is 75.2 Å². The molecule has 0 atom stereocenters. The predicted octanol–water partition coefficient (Wildman–Crippen LogP) is 0.252. The van der Waals surface area contributed by atoms with Crippen molar-refractivity contribution in [2.75, 3.05) is 0 Å². The topological polar surface area (TPSA) is 64.2 Å². The summed E-state index contributed by atoms with van der Waals surface area (Å²) in [6.45, 7) is 0. The fourth-order valence-electron chi connectivity index (χ4n) is 0.996. The van der Waals surface area contributed by atoms with Gasteiger partial charge in [0.1, 0.15) is 11.9 Å². The number of nitriles is 1. The molecule has 3 nitrogen and oxygen atoms in total. The maximum Gasteiger partial charge on any atom is 0.456 e. The Morgan fingerprint density at radius 1 is 1.46 bits per heavy atom. The van der Waals surface area contributed by atoms with E-state index in [4.69, 9.17) is 15.3 Å². The van der Waals surface area contributed by atoms with Gasteiger partial charge in [0, 0.05) is 6.32 Å². The van der Waals surface area contributed by atoms with Gasteiger partial charge in [0.15, 0.2) is 0 Å². The molecule has 13 heavy (non-hydrogen) atoms. The Hall–Kier alpha value is -1.38. The quantitative estimate of drug-likeness (QED) is 0.639. The van der Waals surface area contributed by atoms with Crippen LogP contribution in [0.15, 0.2) is 18.2 Å². The summed E-state index contributed by atoms with van der Waals surface area (Å²) >= 11 is 0. The molecular weight excluding hydrogens is 172 g/mol. The molecule has 0 saturated carbocycles. The van der Waals surface area contributed by atoms with Crippen molar-refractivity contribution in [3.05, 3.63) is 35.1 Å². The first kappa shape index (κ1) is 9.71. The van der Waals surface area contributed by atoms with Crippen LogP contribution in [0.2, 0.25) is 0 Å². The van der Waals surface area contributed by atoms with E-state index in [1.807, 2.05) is 0 Å². The Bertz CT molecular complexity index is 348. The third kappa shape index (κ3) is 2.54. The van der Waals surface area contributed by atoms with E-state index >= 15 is 0 Å². The van der Waals surface area contributed by atoms with Crippen LogP contribution < -0.4 is 0 Å². The van der Waals surface area contributed by atoms with Crippen LogP contribution >= 0.6 is 0 Å². The van der Waals surface area contributed by atoms with Crippen LogP contribution in [0.25, 0.3) is 0 Å². The fraction of sp³-hybridized carbons (Fsp3) is 0.125. The summed E-state index contributed by atoms with van der Waals surface area (Å²) in [5, 5.41) is 25.7.